The molecule has 3 rings (SSSR count). The van der Waals surface area contributed by atoms with E-state index in [1.54, 1.807) is 12.0 Å². The summed E-state index contributed by atoms with van der Waals surface area (Å²) in [5.41, 5.74) is 2.42. The van der Waals surface area contributed by atoms with Gasteiger partial charge in [0.2, 0.25) is 0 Å². The lowest BCUT2D eigenvalue weighted by Gasteiger charge is -2.40. The molecule has 1 fully saturated rings. The Hall–Kier alpha value is -2.09. The van der Waals surface area contributed by atoms with Crippen LogP contribution in [0.3, 0.4) is 0 Å². The van der Waals surface area contributed by atoms with Crippen LogP contribution < -0.4 is 9.57 Å². The number of ether oxygens (including phenoxy) is 2. The first-order valence-electron chi connectivity index (χ1n) is 10.8. The molecule has 31 heavy (non-hydrogen) atoms. The summed E-state index contributed by atoms with van der Waals surface area (Å²) in [6, 6.07) is 6.05. The summed E-state index contributed by atoms with van der Waals surface area (Å²) in [6.45, 7) is 12.6. The molecule has 0 aromatic heterocycles. The van der Waals surface area contributed by atoms with Gasteiger partial charge in [0.25, 0.3) is 0 Å². The molecule has 7 nitrogen and oxygen atoms in total. The van der Waals surface area contributed by atoms with Gasteiger partial charge in [-0.15, -0.1) is 0 Å². The van der Waals surface area contributed by atoms with Crippen LogP contribution in [0.5, 0.6) is 5.75 Å². The molecule has 172 valence electrons. The lowest BCUT2D eigenvalue weighted by Crippen LogP contribution is -2.47. The zero-order valence-corrected chi connectivity index (χ0v) is 20.5. The molecule has 1 aromatic rings. The number of rotatable bonds is 3. The maximum Gasteiger partial charge on any atom is 0.410 e. The lowest BCUT2D eigenvalue weighted by atomic mass is 9.74. The quantitative estimate of drug-likeness (QED) is 0.707. The van der Waals surface area contributed by atoms with Crippen LogP contribution in [0.2, 0.25) is 0 Å². The highest BCUT2D eigenvalue weighted by Gasteiger charge is 2.47. The average Bonchev–Trinajstić information content (AvgIpc) is 2.96. The van der Waals surface area contributed by atoms with Gasteiger partial charge in [-0.1, -0.05) is 6.07 Å². The van der Waals surface area contributed by atoms with Gasteiger partial charge in [0.05, 0.1) is 17.6 Å². The number of hydrogen-bond acceptors (Lipinski definition) is 5. The number of benzene rings is 1. The van der Waals surface area contributed by atoms with Crippen molar-refractivity contribution in [2.75, 3.05) is 20.2 Å². The van der Waals surface area contributed by atoms with E-state index in [2.05, 4.69) is 16.0 Å². The molecule has 0 bridgehead atoms. The largest absolute Gasteiger partial charge is 0.497 e. The third kappa shape index (κ3) is 5.22. The van der Waals surface area contributed by atoms with Gasteiger partial charge in [-0.3, -0.25) is 0 Å². The molecule has 1 aliphatic heterocycles. The number of piperidine rings is 1. The highest BCUT2D eigenvalue weighted by molar-refractivity contribution is 7.84. The predicted octanol–water partition coefficient (Wildman–Crippen LogP) is 4.02. The molecule has 1 amide bonds. The second kappa shape index (κ2) is 8.45. The number of hydrazone groups is 1. The van der Waals surface area contributed by atoms with Crippen molar-refractivity contribution in [3.05, 3.63) is 29.3 Å². The highest BCUT2D eigenvalue weighted by Crippen LogP contribution is 2.46. The van der Waals surface area contributed by atoms with Gasteiger partial charge in [0, 0.05) is 24.1 Å². The summed E-state index contributed by atoms with van der Waals surface area (Å²) < 4.78 is 23.2. The maximum atomic E-state index is 12.6. The third-order valence-electron chi connectivity index (χ3n) is 5.77. The zero-order valence-electron chi connectivity index (χ0n) is 19.7. The molecular formula is C23H35N3O4S. The standard InChI is InChI=1S/C23H35N3O4S/c1-21(2,3)30-20(27)26-12-10-23(11-13-26)15-16-8-9-17(29-7)14-18(16)19(23)24-25-31(28)22(4,5)6/h8-9,14,25H,10-13,15H2,1-7H3/b24-19+/t31-/m1/s1. The summed E-state index contributed by atoms with van der Waals surface area (Å²) in [5, 5.41) is 4.69. The average molecular weight is 450 g/mol. The number of likely N-dealkylation sites (tertiary alicyclic amines) is 1. The second-order valence-corrected chi connectivity index (χ2v) is 12.3. The van der Waals surface area contributed by atoms with Gasteiger partial charge >= 0.3 is 6.09 Å². The first-order chi connectivity index (χ1) is 14.3. The van der Waals surface area contributed by atoms with Crippen LogP contribution in [0, 0.1) is 5.41 Å². The van der Waals surface area contributed by atoms with E-state index in [4.69, 9.17) is 9.47 Å². The van der Waals surface area contributed by atoms with E-state index in [0.29, 0.717) is 13.1 Å². The molecule has 0 unspecified atom stereocenters. The summed E-state index contributed by atoms with van der Waals surface area (Å²) in [4.78, 5) is 17.2. The van der Waals surface area contributed by atoms with Gasteiger partial charge in [0.1, 0.15) is 22.3 Å². The Kier molecular flexibility index (Phi) is 6.42. The van der Waals surface area contributed by atoms with E-state index < -0.39 is 21.3 Å². The van der Waals surface area contributed by atoms with Crippen molar-refractivity contribution in [1.29, 1.82) is 0 Å². The van der Waals surface area contributed by atoms with Crippen LogP contribution in [-0.4, -0.2) is 51.5 Å². The fourth-order valence-corrected chi connectivity index (χ4v) is 4.50. The number of hydrogen-bond donors (Lipinski definition) is 1. The van der Waals surface area contributed by atoms with E-state index in [1.807, 2.05) is 53.7 Å². The molecule has 2 aliphatic rings. The Bertz CT molecular complexity index is 891. The number of fused-ring (bicyclic) bond motifs is 1. The minimum Gasteiger partial charge on any atom is -0.497 e. The lowest BCUT2D eigenvalue weighted by molar-refractivity contribution is 0.0159. The monoisotopic (exact) mass is 449 g/mol. The number of nitrogens with zero attached hydrogens (tertiary/aromatic N) is 2. The molecular weight excluding hydrogens is 414 g/mol. The molecule has 1 N–H and O–H groups in total. The number of amides is 1. The molecule has 1 spiro atoms. The Labute approximate surface area is 188 Å². The molecule has 1 aromatic carbocycles. The Balaban J connectivity index is 1.87. The molecule has 1 atom stereocenters. The topological polar surface area (TPSA) is 80.2 Å². The van der Waals surface area contributed by atoms with Crippen molar-refractivity contribution >= 4 is 22.8 Å². The first-order valence-corrected chi connectivity index (χ1v) is 11.9. The maximum absolute atomic E-state index is 12.6. The van der Waals surface area contributed by atoms with Crippen LogP contribution in [0.4, 0.5) is 4.79 Å². The molecule has 1 saturated heterocycles. The van der Waals surface area contributed by atoms with Gasteiger partial charge in [-0.2, -0.15) is 5.10 Å². The van der Waals surface area contributed by atoms with Crippen LogP contribution in [0.15, 0.2) is 23.3 Å². The Morgan fingerprint density at radius 1 is 1.16 bits per heavy atom. The number of carbonyl (C=O) groups excluding carboxylic acids is 1. The van der Waals surface area contributed by atoms with Crippen LogP contribution in [0.1, 0.15) is 65.5 Å². The summed E-state index contributed by atoms with van der Waals surface area (Å²) in [7, 11) is 0.331. The van der Waals surface area contributed by atoms with E-state index in [0.717, 1.165) is 36.3 Å². The molecule has 1 heterocycles. The summed E-state index contributed by atoms with van der Waals surface area (Å²) >= 11 is 0. The van der Waals surface area contributed by atoms with Gasteiger partial charge in [-0.05, 0) is 78.5 Å². The van der Waals surface area contributed by atoms with Crippen molar-refractivity contribution in [3.63, 3.8) is 0 Å². The van der Waals surface area contributed by atoms with Crippen LogP contribution in [0.25, 0.3) is 0 Å². The summed E-state index contributed by atoms with van der Waals surface area (Å²) in [6.07, 6.45) is 2.11. The fraction of sp³-hybridized carbons (Fsp3) is 0.652. The molecule has 1 aliphatic carbocycles. The number of nitrogens with one attached hydrogen (secondary N) is 1. The number of carbonyl (C=O) groups is 1. The predicted molar refractivity (Wildman–Crippen MR) is 124 cm³/mol. The first kappa shape index (κ1) is 23.6. The van der Waals surface area contributed by atoms with Gasteiger partial charge in [-0.25, -0.2) is 13.8 Å². The molecule has 0 radical (unpaired) electrons. The van der Waals surface area contributed by atoms with Gasteiger partial charge in [0.15, 0.2) is 0 Å². The smallest absolute Gasteiger partial charge is 0.410 e. The molecule has 0 saturated carbocycles. The van der Waals surface area contributed by atoms with Crippen molar-refractivity contribution in [3.8, 4) is 5.75 Å². The SMILES string of the molecule is COc1ccc2c(c1)/C(=N\N[S@](=O)C(C)(C)C)C1(CCN(C(=O)OC(C)(C)C)CC1)C2. The Morgan fingerprint density at radius 2 is 1.81 bits per heavy atom. The van der Waals surface area contributed by atoms with Crippen LogP contribution >= 0.6 is 0 Å². The van der Waals surface area contributed by atoms with Crippen molar-refractivity contribution in [1.82, 2.24) is 9.73 Å². The minimum atomic E-state index is -1.32. The van der Waals surface area contributed by atoms with E-state index >= 15 is 0 Å². The normalized spacial score (nSPS) is 20.5. The van der Waals surface area contributed by atoms with E-state index in [1.165, 1.54) is 5.56 Å². The van der Waals surface area contributed by atoms with Gasteiger partial charge < -0.3 is 14.4 Å². The van der Waals surface area contributed by atoms with Crippen LogP contribution in [-0.2, 0) is 22.1 Å². The third-order valence-corrected chi connectivity index (χ3v) is 7.14. The summed E-state index contributed by atoms with van der Waals surface area (Å²) in [5.74, 6) is 0.770. The second-order valence-electron chi connectivity index (χ2n) is 10.4. The number of methoxy groups -OCH3 is 1. The minimum absolute atomic E-state index is 0.206. The van der Waals surface area contributed by atoms with Crippen molar-refractivity contribution < 1.29 is 18.5 Å². The highest BCUT2D eigenvalue weighted by atomic mass is 32.2. The van der Waals surface area contributed by atoms with Crippen molar-refractivity contribution in [2.24, 2.45) is 10.5 Å². The van der Waals surface area contributed by atoms with E-state index in [-0.39, 0.29) is 11.5 Å². The Morgan fingerprint density at radius 3 is 2.35 bits per heavy atom. The van der Waals surface area contributed by atoms with E-state index in [9.17, 15) is 9.00 Å². The molecule has 8 heteroatoms. The van der Waals surface area contributed by atoms with Crippen molar-refractivity contribution in [2.45, 2.75) is 71.2 Å². The fourth-order valence-electron chi connectivity index (χ4n) is 4.05. The zero-order chi connectivity index (χ0) is 23.0.